The number of hydrogen-bond donors (Lipinski definition) is 0. The summed E-state index contributed by atoms with van der Waals surface area (Å²) in [5.41, 5.74) is 1.71. The Kier molecular flexibility index (Phi) is 4.44. The van der Waals surface area contributed by atoms with Crippen molar-refractivity contribution < 1.29 is 9.47 Å². The van der Waals surface area contributed by atoms with Crippen molar-refractivity contribution in [1.82, 2.24) is 4.90 Å². The van der Waals surface area contributed by atoms with Crippen LogP contribution < -0.4 is 9.47 Å². The molecule has 1 unspecified atom stereocenters. The molecule has 0 bridgehead atoms. The molecule has 1 rings (SSSR count). The second kappa shape index (κ2) is 5.41. The van der Waals surface area contributed by atoms with Gasteiger partial charge in [0.15, 0.2) is 0 Å². The van der Waals surface area contributed by atoms with Crippen LogP contribution in [0.5, 0.6) is 11.5 Å². The van der Waals surface area contributed by atoms with Crippen LogP contribution in [0.3, 0.4) is 0 Å². The summed E-state index contributed by atoms with van der Waals surface area (Å²) in [6.45, 7) is 1.98. The molecule has 0 aliphatic heterocycles. The lowest BCUT2D eigenvalue weighted by atomic mass is 10.1. The molecule has 0 saturated carbocycles. The maximum atomic E-state index is 6.30. The normalized spacial score (nSPS) is 12.7. The second-order valence-electron chi connectivity index (χ2n) is 3.86. The fourth-order valence-electron chi connectivity index (χ4n) is 1.54. The van der Waals surface area contributed by atoms with Crippen LogP contribution >= 0.6 is 11.6 Å². The lowest BCUT2D eigenvalue weighted by Crippen LogP contribution is -2.15. The molecule has 1 aromatic carbocycles. The molecule has 0 fully saturated rings. The Morgan fingerprint density at radius 3 is 2.12 bits per heavy atom. The lowest BCUT2D eigenvalue weighted by Gasteiger charge is -2.21. The van der Waals surface area contributed by atoms with Gasteiger partial charge in [-0.1, -0.05) is 0 Å². The molecule has 16 heavy (non-hydrogen) atoms. The van der Waals surface area contributed by atoms with Crippen molar-refractivity contribution in [2.45, 2.75) is 12.4 Å². The van der Waals surface area contributed by atoms with Crippen molar-refractivity contribution in [3.05, 3.63) is 23.3 Å². The zero-order valence-electron chi connectivity index (χ0n) is 10.4. The topological polar surface area (TPSA) is 21.7 Å². The first kappa shape index (κ1) is 13.1. The number of halogens is 1. The third-order valence-electron chi connectivity index (χ3n) is 2.46. The first-order valence-corrected chi connectivity index (χ1v) is 5.48. The smallest absolute Gasteiger partial charge is 0.125 e. The number of benzene rings is 1. The minimum absolute atomic E-state index is 0.232. The van der Waals surface area contributed by atoms with E-state index in [0.29, 0.717) is 0 Å². The van der Waals surface area contributed by atoms with Crippen LogP contribution in [-0.2, 0) is 0 Å². The van der Waals surface area contributed by atoms with E-state index in [1.165, 1.54) is 0 Å². The van der Waals surface area contributed by atoms with Crippen molar-refractivity contribution in [2.75, 3.05) is 28.3 Å². The molecule has 4 heteroatoms. The van der Waals surface area contributed by atoms with Gasteiger partial charge in [0.05, 0.1) is 14.2 Å². The molecule has 0 aromatic heterocycles. The zero-order chi connectivity index (χ0) is 12.3. The van der Waals surface area contributed by atoms with E-state index in [0.717, 1.165) is 22.6 Å². The molecule has 0 saturated heterocycles. The minimum atomic E-state index is -0.232. The van der Waals surface area contributed by atoms with Gasteiger partial charge >= 0.3 is 0 Å². The monoisotopic (exact) mass is 243 g/mol. The molecular formula is C12H18ClNO2. The molecule has 90 valence electrons. The van der Waals surface area contributed by atoms with E-state index in [2.05, 4.69) is 0 Å². The maximum Gasteiger partial charge on any atom is 0.125 e. The largest absolute Gasteiger partial charge is 0.496 e. The van der Waals surface area contributed by atoms with Crippen molar-refractivity contribution in [2.24, 2.45) is 0 Å². The van der Waals surface area contributed by atoms with Crippen LogP contribution in [-0.4, -0.2) is 33.2 Å². The minimum Gasteiger partial charge on any atom is -0.496 e. The van der Waals surface area contributed by atoms with Crippen molar-refractivity contribution in [3.8, 4) is 11.5 Å². The van der Waals surface area contributed by atoms with Crippen LogP contribution in [0.15, 0.2) is 12.1 Å². The van der Waals surface area contributed by atoms with Gasteiger partial charge in [-0.15, -0.1) is 11.6 Å². The van der Waals surface area contributed by atoms with Crippen LogP contribution in [0.4, 0.5) is 0 Å². The molecule has 0 amide bonds. The van der Waals surface area contributed by atoms with Crippen LogP contribution in [0, 0.1) is 6.92 Å². The number of rotatable bonds is 4. The third kappa shape index (κ3) is 2.60. The molecule has 0 radical (unpaired) electrons. The number of nitrogens with zero attached hydrogens (tertiary/aromatic N) is 1. The van der Waals surface area contributed by atoms with E-state index in [-0.39, 0.29) is 5.50 Å². The van der Waals surface area contributed by atoms with E-state index in [4.69, 9.17) is 21.1 Å². The average molecular weight is 244 g/mol. The third-order valence-corrected chi connectivity index (χ3v) is 3.08. The average Bonchev–Trinajstić information content (AvgIpc) is 2.27. The number of methoxy groups -OCH3 is 2. The molecule has 1 atom stereocenters. The Labute approximate surface area is 102 Å². The van der Waals surface area contributed by atoms with Crippen LogP contribution in [0.1, 0.15) is 16.6 Å². The first-order chi connectivity index (χ1) is 7.51. The molecule has 1 aromatic rings. The van der Waals surface area contributed by atoms with Gasteiger partial charge in [0.2, 0.25) is 0 Å². The lowest BCUT2D eigenvalue weighted by molar-refractivity contribution is 0.355. The number of aryl methyl sites for hydroxylation is 1. The van der Waals surface area contributed by atoms with E-state index in [1.54, 1.807) is 14.2 Å². The Morgan fingerprint density at radius 2 is 1.69 bits per heavy atom. The number of ether oxygens (including phenoxy) is 2. The van der Waals surface area contributed by atoms with Gasteiger partial charge < -0.3 is 9.47 Å². The summed E-state index contributed by atoms with van der Waals surface area (Å²) in [6, 6.07) is 3.86. The SMILES string of the molecule is COc1cc(C(Cl)N(C)C)c(OC)cc1C. The van der Waals surface area contributed by atoms with Gasteiger partial charge in [0.25, 0.3) is 0 Å². The van der Waals surface area contributed by atoms with Gasteiger partial charge in [0.1, 0.15) is 17.0 Å². The Bertz CT molecular complexity index is 366. The highest BCUT2D eigenvalue weighted by atomic mass is 35.5. The van der Waals surface area contributed by atoms with Gasteiger partial charge in [-0.05, 0) is 38.7 Å². The summed E-state index contributed by atoms with van der Waals surface area (Å²) in [4.78, 5) is 1.91. The fourth-order valence-corrected chi connectivity index (χ4v) is 1.71. The molecule has 0 spiro atoms. The van der Waals surface area contributed by atoms with Crippen molar-refractivity contribution in [1.29, 1.82) is 0 Å². The van der Waals surface area contributed by atoms with E-state index >= 15 is 0 Å². The summed E-state index contributed by atoms with van der Waals surface area (Å²) < 4.78 is 10.6. The highest BCUT2D eigenvalue weighted by Crippen LogP contribution is 2.35. The second-order valence-corrected chi connectivity index (χ2v) is 4.28. The van der Waals surface area contributed by atoms with Gasteiger partial charge in [-0.2, -0.15) is 0 Å². The summed E-state index contributed by atoms with van der Waals surface area (Å²) >= 11 is 6.30. The summed E-state index contributed by atoms with van der Waals surface area (Å²) in [6.07, 6.45) is 0. The Morgan fingerprint density at radius 1 is 1.12 bits per heavy atom. The maximum absolute atomic E-state index is 6.30. The van der Waals surface area contributed by atoms with Crippen LogP contribution in [0.2, 0.25) is 0 Å². The molecule has 3 nitrogen and oxygen atoms in total. The molecular weight excluding hydrogens is 226 g/mol. The quantitative estimate of drug-likeness (QED) is 0.600. The van der Waals surface area contributed by atoms with Crippen molar-refractivity contribution >= 4 is 11.6 Å². The fraction of sp³-hybridized carbons (Fsp3) is 0.500. The Balaban J connectivity index is 3.24. The molecule has 0 aliphatic rings. The Hall–Kier alpha value is -0.930. The number of hydrogen-bond acceptors (Lipinski definition) is 3. The summed E-state index contributed by atoms with van der Waals surface area (Å²) in [5, 5.41) is 0. The molecule has 0 aliphatic carbocycles. The van der Waals surface area contributed by atoms with E-state index in [9.17, 15) is 0 Å². The zero-order valence-corrected chi connectivity index (χ0v) is 11.1. The molecule has 0 heterocycles. The van der Waals surface area contributed by atoms with Gasteiger partial charge in [-0.25, -0.2) is 0 Å². The van der Waals surface area contributed by atoms with Gasteiger partial charge in [-0.3, -0.25) is 4.90 Å². The first-order valence-electron chi connectivity index (χ1n) is 5.04. The van der Waals surface area contributed by atoms with Crippen molar-refractivity contribution in [3.63, 3.8) is 0 Å². The van der Waals surface area contributed by atoms with E-state index in [1.807, 2.05) is 38.1 Å². The summed E-state index contributed by atoms with van der Waals surface area (Å²) in [7, 11) is 7.13. The summed E-state index contributed by atoms with van der Waals surface area (Å²) in [5.74, 6) is 1.61. The van der Waals surface area contributed by atoms with Gasteiger partial charge in [0, 0.05) is 5.56 Å². The predicted octanol–water partition coefficient (Wildman–Crippen LogP) is 2.81. The molecule has 0 N–H and O–H groups in total. The number of alkyl halides is 1. The highest BCUT2D eigenvalue weighted by molar-refractivity contribution is 6.20. The predicted molar refractivity (Wildman–Crippen MR) is 66.6 cm³/mol. The van der Waals surface area contributed by atoms with Crippen LogP contribution in [0.25, 0.3) is 0 Å². The van der Waals surface area contributed by atoms with E-state index < -0.39 is 0 Å². The standard InChI is InChI=1S/C12H18ClNO2/c1-8-6-11(16-5)9(7-10(8)15-4)12(13)14(2)3/h6-7,12H,1-5H3. The highest BCUT2D eigenvalue weighted by Gasteiger charge is 2.17.